The monoisotopic (exact) mass is 263 g/mol. The molecule has 0 spiro atoms. The predicted octanol–water partition coefficient (Wildman–Crippen LogP) is 2.85. The van der Waals surface area contributed by atoms with Gasteiger partial charge in [0.25, 0.3) is 0 Å². The van der Waals surface area contributed by atoms with Gasteiger partial charge in [0.2, 0.25) is 0 Å². The van der Waals surface area contributed by atoms with E-state index in [1.54, 1.807) is 0 Å². The zero-order chi connectivity index (χ0) is 14.1. The van der Waals surface area contributed by atoms with Crippen LogP contribution in [0, 0.1) is 0 Å². The molecule has 3 heteroatoms. The van der Waals surface area contributed by atoms with E-state index in [0.29, 0.717) is 6.42 Å². The highest BCUT2D eigenvalue weighted by molar-refractivity contribution is 5.75. The molecule has 2 N–H and O–H groups in total. The van der Waals surface area contributed by atoms with Gasteiger partial charge in [-0.3, -0.25) is 4.79 Å². The molecule has 0 bridgehead atoms. The molecule has 0 saturated carbocycles. The number of carbonyl (C=O) groups excluding carboxylic acids is 1. The normalized spacial score (nSPS) is 12.2. The van der Waals surface area contributed by atoms with E-state index in [4.69, 9.17) is 5.73 Å². The molecule has 0 amide bonds. The van der Waals surface area contributed by atoms with Crippen LogP contribution in [0.25, 0.3) is 0 Å². The fourth-order valence-electron chi connectivity index (χ4n) is 2.09. The molecule has 1 atom stereocenters. The number of unbranched alkanes of at least 4 members (excludes halogenated alkanes) is 3. The van der Waals surface area contributed by atoms with Crippen molar-refractivity contribution in [3.8, 4) is 0 Å². The zero-order valence-corrected chi connectivity index (χ0v) is 12.0. The molecule has 1 aromatic rings. The number of methoxy groups -OCH3 is 1. The van der Waals surface area contributed by atoms with E-state index >= 15 is 0 Å². The Morgan fingerprint density at radius 3 is 2.37 bits per heavy atom. The molecule has 106 valence electrons. The van der Waals surface area contributed by atoms with Crippen LogP contribution in [-0.4, -0.2) is 19.1 Å². The van der Waals surface area contributed by atoms with Gasteiger partial charge in [-0.1, -0.05) is 50.5 Å². The van der Waals surface area contributed by atoms with Crippen molar-refractivity contribution in [1.82, 2.24) is 0 Å². The molecular formula is C16H25NO2. The smallest absolute Gasteiger partial charge is 0.322 e. The highest BCUT2D eigenvalue weighted by atomic mass is 16.5. The van der Waals surface area contributed by atoms with E-state index in [2.05, 4.69) is 35.9 Å². The lowest BCUT2D eigenvalue weighted by atomic mass is 10.0. The van der Waals surface area contributed by atoms with Gasteiger partial charge in [-0.2, -0.15) is 0 Å². The number of esters is 1. The minimum Gasteiger partial charge on any atom is -0.468 e. The lowest BCUT2D eigenvalue weighted by Gasteiger charge is -2.09. The molecular weight excluding hydrogens is 238 g/mol. The number of hydrogen-bond acceptors (Lipinski definition) is 3. The molecule has 0 fully saturated rings. The Hall–Kier alpha value is -1.35. The summed E-state index contributed by atoms with van der Waals surface area (Å²) in [5.74, 6) is -0.358. The minimum atomic E-state index is -0.569. The second-order valence-corrected chi connectivity index (χ2v) is 4.96. The summed E-state index contributed by atoms with van der Waals surface area (Å²) in [6, 6.07) is 7.80. The maximum atomic E-state index is 11.2. The molecule has 0 aliphatic heterocycles. The van der Waals surface area contributed by atoms with Crippen molar-refractivity contribution >= 4 is 5.97 Å². The van der Waals surface area contributed by atoms with Crippen molar-refractivity contribution in [3.05, 3.63) is 35.4 Å². The number of carbonyl (C=O) groups is 1. The van der Waals surface area contributed by atoms with Crippen LogP contribution < -0.4 is 5.73 Å². The standard InChI is InChI=1S/C16H25NO2/c1-3-4-5-6-7-13-8-10-14(11-9-13)12-15(17)16(18)19-2/h8-11,15H,3-7,12,17H2,1-2H3. The summed E-state index contributed by atoms with van der Waals surface area (Å²) in [7, 11) is 1.36. The first kappa shape index (κ1) is 15.7. The van der Waals surface area contributed by atoms with Crippen LogP contribution in [0.3, 0.4) is 0 Å². The quantitative estimate of drug-likeness (QED) is 0.579. The van der Waals surface area contributed by atoms with Crippen molar-refractivity contribution in [3.63, 3.8) is 0 Å². The summed E-state index contributed by atoms with van der Waals surface area (Å²) in [4.78, 5) is 11.2. The van der Waals surface area contributed by atoms with Crippen LogP contribution in [0.15, 0.2) is 24.3 Å². The van der Waals surface area contributed by atoms with Crippen molar-refractivity contribution in [1.29, 1.82) is 0 Å². The van der Waals surface area contributed by atoms with Gasteiger partial charge < -0.3 is 10.5 Å². The molecule has 0 radical (unpaired) electrons. The average Bonchev–Trinajstić information content (AvgIpc) is 2.44. The van der Waals surface area contributed by atoms with Crippen molar-refractivity contribution in [2.75, 3.05) is 7.11 Å². The molecule has 1 aromatic carbocycles. The average molecular weight is 263 g/mol. The van der Waals surface area contributed by atoms with Crippen LogP contribution in [0.2, 0.25) is 0 Å². The molecule has 19 heavy (non-hydrogen) atoms. The number of hydrogen-bond donors (Lipinski definition) is 1. The summed E-state index contributed by atoms with van der Waals surface area (Å²) in [6.45, 7) is 2.22. The van der Waals surface area contributed by atoms with E-state index in [9.17, 15) is 4.79 Å². The number of benzene rings is 1. The summed E-state index contributed by atoms with van der Waals surface area (Å²) in [5, 5.41) is 0. The van der Waals surface area contributed by atoms with Gasteiger partial charge in [-0.25, -0.2) is 0 Å². The second-order valence-electron chi connectivity index (χ2n) is 4.96. The Kier molecular flexibility index (Phi) is 7.19. The Morgan fingerprint density at radius 2 is 1.79 bits per heavy atom. The van der Waals surface area contributed by atoms with E-state index in [1.165, 1.54) is 38.4 Å². The Labute approximate surface area is 116 Å². The van der Waals surface area contributed by atoms with Crippen molar-refractivity contribution in [2.45, 2.75) is 51.5 Å². The van der Waals surface area contributed by atoms with Gasteiger partial charge in [-0.05, 0) is 30.4 Å². The first-order valence-corrected chi connectivity index (χ1v) is 7.08. The third-order valence-corrected chi connectivity index (χ3v) is 3.30. The summed E-state index contributed by atoms with van der Waals surface area (Å²) < 4.78 is 4.62. The molecule has 0 aromatic heterocycles. The molecule has 0 aliphatic rings. The van der Waals surface area contributed by atoms with E-state index in [0.717, 1.165) is 12.0 Å². The van der Waals surface area contributed by atoms with Crippen molar-refractivity contribution in [2.24, 2.45) is 5.73 Å². The summed E-state index contributed by atoms with van der Waals surface area (Å²) in [5.41, 5.74) is 8.17. The van der Waals surface area contributed by atoms with E-state index in [1.807, 2.05) is 0 Å². The third-order valence-electron chi connectivity index (χ3n) is 3.30. The fraction of sp³-hybridized carbons (Fsp3) is 0.562. The maximum Gasteiger partial charge on any atom is 0.322 e. The van der Waals surface area contributed by atoms with E-state index < -0.39 is 6.04 Å². The minimum absolute atomic E-state index is 0.358. The van der Waals surface area contributed by atoms with Crippen molar-refractivity contribution < 1.29 is 9.53 Å². The molecule has 0 aliphatic carbocycles. The van der Waals surface area contributed by atoms with E-state index in [-0.39, 0.29) is 5.97 Å². The first-order chi connectivity index (χ1) is 9.17. The predicted molar refractivity (Wildman–Crippen MR) is 78.0 cm³/mol. The first-order valence-electron chi connectivity index (χ1n) is 7.08. The number of nitrogens with two attached hydrogens (primary N) is 1. The van der Waals surface area contributed by atoms with Gasteiger partial charge in [0.15, 0.2) is 0 Å². The van der Waals surface area contributed by atoms with Gasteiger partial charge >= 0.3 is 5.97 Å². The second kappa shape index (κ2) is 8.70. The lowest BCUT2D eigenvalue weighted by Crippen LogP contribution is -2.33. The Bertz CT molecular complexity index is 373. The molecule has 0 heterocycles. The lowest BCUT2D eigenvalue weighted by molar-refractivity contribution is -0.142. The van der Waals surface area contributed by atoms with Crippen LogP contribution in [0.4, 0.5) is 0 Å². The van der Waals surface area contributed by atoms with Crippen LogP contribution in [-0.2, 0) is 22.4 Å². The maximum absolute atomic E-state index is 11.2. The highest BCUT2D eigenvalue weighted by Crippen LogP contribution is 2.11. The summed E-state index contributed by atoms with van der Waals surface area (Å²) >= 11 is 0. The highest BCUT2D eigenvalue weighted by Gasteiger charge is 2.13. The molecule has 1 rings (SSSR count). The Balaban J connectivity index is 2.41. The largest absolute Gasteiger partial charge is 0.468 e. The molecule has 0 saturated heterocycles. The van der Waals surface area contributed by atoms with Crippen LogP contribution in [0.1, 0.15) is 43.7 Å². The van der Waals surface area contributed by atoms with Gasteiger partial charge in [-0.15, -0.1) is 0 Å². The third kappa shape index (κ3) is 5.88. The number of rotatable bonds is 8. The van der Waals surface area contributed by atoms with Crippen LogP contribution in [0.5, 0.6) is 0 Å². The van der Waals surface area contributed by atoms with Crippen LogP contribution >= 0.6 is 0 Å². The number of ether oxygens (including phenoxy) is 1. The van der Waals surface area contributed by atoms with Gasteiger partial charge in [0.05, 0.1) is 7.11 Å². The van der Waals surface area contributed by atoms with Gasteiger partial charge in [0, 0.05) is 0 Å². The molecule has 3 nitrogen and oxygen atoms in total. The Morgan fingerprint density at radius 1 is 1.16 bits per heavy atom. The topological polar surface area (TPSA) is 52.3 Å². The summed E-state index contributed by atoms with van der Waals surface area (Å²) in [6.07, 6.45) is 6.78. The number of aryl methyl sites for hydroxylation is 1. The SMILES string of the molecule is CCCCCCc1ccc(CC(N)C(=O)OC)cc1. The fourth-order valence-corrected chi connectivity index (χ4v) is 2.09. The molecule has 1 unspecified atom stereocenters. The van der Waals surface area contributed by atoms with Gasteiger partial charge in [0.1, 0.15) is 6.04 Å². The zero-order valence-electron chi connectivity index (χ0n) is 12.0.